The van der Waals surface area contributed by atoms with Gasteiger partial charge in [-0.1, -0.05) is 31.5 Å². The number of likely N-dealkylation sites (N-methyl/N-ethyl adjacent to an activating group) is 1. The second-order valence-electron chi connectivity index (χ2n) is 11.6. The van der Waals surface area contributed by atoms with E-state index in [1.165, 1.54) is 43.6 Å². The van der Waals surface area contributed by atoms with E-state index in [9.17, 15) is 13.2 Å². The van der Waals surface area contributed by atoms with Crippen molar-refractivity contribution in [2.75, 3.05) is 51.3 Å². The highest BCUT2D eigenvalue weighted by molar-refractivity contribution is 5.66. The summed E-state index contributed by atoms with van der Waals surface area (Å²) >= 11 is 0. The minimum absolute atomic E-state index is 0.163. The quantitative estimate of drug-likeness (QED) is 0.369. The van der Waals surface area contributed by atoms with Crippen LogP contribution in [0.4, 0.5) is 18.9 Å². The van der Waals surface area contributed by atoms with Crippen molar-refractivity contribution < 1.29 is 17.9 Å². The smallest absolute Gasteiger partial charge is 0.418 e. The molecule has 3 aromatic rings. The lowest BCUT2D eigenvalue weighted by molar-refractivity contribution is -0.137. The molecule has 2 atom stereocenters. The predicted molar refractivity (Wildman–Crippen MR) is 161 cm³/mol. The zero-order valence-corrected chi connectivity index (χ0v) is 24.9. The molecule has 226 valence electrons. The topological polar surface area (TPSA) is 53.5 Å². The number of nitrogens with one attached hydrogen (secondary N) is 1. The van der Waals surface area contributed by atoms with E-state index in [1.54, 1.807) is 18.3 Å². The first-order chi connectivity index (χ1) is 20.3. The normalized spacial score (nSPS) is 22.4. The SMILES string of the molecule is C1CCNC1.CCOc1ncccc1-c1ccc2c(n1)CN(C)CC21CCN(c2ccccc2C(F)(F)F)CC1CC. The first-order valence-corrected chi connectivity index (χ1v) is 15.2. The van der Waals surface area contributed by atoms with Crippen LogP contribution in [0.5, 0.6) is 5.88 Å². The molecule has 9 heteroatoms. The number of nitrogens with zero attached hydrogens (tertiary/aromatic N) is 4. The standard InChI is InChI=1S/C29H33F3N4O.C4H9N/c1-4-20-17-36(26-11-7-6-10-23(26)29(30,31)32)16-14-28(20)19-35(3)18-25-22(28)12-13-24(34-25)21-9-8-15-33-27(21)37-5-2;1-2-4-5-3-1/h6-13,15,20H,4-5,14,16-19H2,1-3H3;5H,1-4H2. The Labute approximate surface area is 247 Å². The van der Waals surface area contributed by atoms with Crippen LogP contribution >= 0.6 is 0 Å². The maximum atomic E-state index is 13.8. The van der Waals surface area contributed by atoms with Crippen LogP contribution in [0.1, 0.15) is 56.4 Å². The van der Waals surface area contributed by atoms with Gasteiger partial charge in [-0.05, 0) is 88.1 Å². The monoisotopic (exact) mass is 581 g/mol. The molecule has 2 saturated heterocycles. The summed E-state index contributed by atoms with van der Waals surface area (Å²) in [5, 5.41) is 3.22. The fraction of sp³-hybridized carbons (Fsp3) is 0.515. The summed E-state index contributed by atoms with van der Waals surface area (Å²) in [6.07, 6.45) is 1.76. The summed E-state index contributed by atoms with van der Waals surface area (Å²) in [4.78, 5) is 13.7. The molecule has 1 spiro atoms. The lowest BCUT2D eigenvalue weighted by Crippen LogP contribution is -2.57. The molecule has 0 saturated carbocycles. The third-order valence-electron chi connectivity index (χ3n) is 8.86. The van der Waals surface area contributed by atoms with Gasteiger partial charge in [0.1, 0.15) is 0 Å². The maximum absolute atomic E-state index is 13.8. The zero-order chi connectivity index (χ0) is 29.7. The van der Waals surface area contributed by atoms with Crippen LogP contribution < -0.4 is 15.0 Å². The van der Waals surface area contributed by atoms with E-state index >= 15 is 0 Å². The molecule has 5 heterocycles. The number of para-hydroxylation sites is 1. The van der Waals surface area contributed by atoms with E-state index in [4.69, 9.17) is 9.72 Å². The summed E-state index contributed by atoms with van der Waals surface area (Å²) < 4.78 is 47.1. The minimum atomic E-state index is -4.38. The van der Waals surface area contributed by atoms with Gasteiger partial charge in [-0.2, -0.15) is 13.2 Å². The van der Waals surface area contributed by atoms with Gasteiger partial charge >= 0.3 is 6.18 Å². The van der Waals surface area contributed by atoms with E-state index in [0.717, 1.165) is 42.9 Å². The van der Waals surface area contributed by atoms with Crippen LogP contribution in [0.3, 0.4) is 0 Å². The number of alkyl halides is 3. The third kappa shape index (κ3) is 6.27. The van der Waals surface area contributed by atoms with Gasteiger partial charge in [0, 0.05) is 43.5 Å². The lowest BCUT2D eigenvalue weighted by atomic mass is 9.62. The number of ether oxygens (including phenoxy) is 1. The Morgan fingerprint density at radius 3 is 2.52 bits per heavy atom. The largest absolute Gasteiger partial charge is 0.477 e. The number of pyridine rings is 2. The molecule has 2 aromatic heterocycles. The summed E-state index contributed by atoms with van der Waals surface area (Å²) in [5.41, 5.74) is 3.50. The van der Waals surface area contributed by atoms with Crippen LogP contribution in [0.15, 0.2) is 54.7 Å². The van der Waals surface area contributed by atoms with Gasteiger partial charge in [0.2, 0.25) is 5.88 Å². The van der Waals surface area contributed by atoms with Crippen molar-refractivity contribution in [2.45, 2.75) is 57.7 Å². The molecule has 3 aliphatic heterocycles. The number of hydrogen-bond acceptors (Lipinski definition) is 6. The summed E-state index contributed by atoms with van der Waals surface area (Å²) in [6, 6.07) is 14.0. The second-order valence-corrected chi connectivity index (χ2v) is 11.6. The second kappa shape index (κ2) is 13.0. The van der Waals surface area contributed by atoms with Crippen molar-refractivity contribution in [2.24, 2.45) is 5.92 Å². The van der Waals surface area contributed by atoms with Crippen LogP contribution in [-0.4, -0.2) is 61.2 Å². The Bertz CT molecular complexity index is 1340. The molecule has 42 heavy (non-hydrogen) atoms. The summed E-state index contributed by atoms with van der Waals surface area (Å²) in [7, 11) is 2.10. The fourth-order valence-corrected chi connectivity index (χ4v) is 6.93. The van der Waals surface area contributed by atoms with Crippen LogP contribution in [-0.2, 0) is 18.1 Å². The van der Waals surface area contributed by atoms with Gasteiger partial charge in [-0.15, -0.1) is 0 Å². The number of aromatic nitrogens is 2. The molecule has 6 rings (SSSR count). The Morgan fingerprint density at radius 1 is 1.05 bits per heavy atom. The highest BCUT2D eigenvalue weighted by Crippen LogP contribution is 2.48. The lowest BCUT2D eigenvalue weighted by Gasteiger charge is -2.53. The van der Waals surface area contributed by atoms with Gasteiger partial charge in [0.05, 0.1) is 29.1 Å². The molecule has 0 aliphatic carbocycles. The highest BCUT2D eigenvalue weighted by Gasteiger charge is 2.48. The number of anilines is 1. The average Bonchev–Trinajstić information content (AvgIpc) is 3.58. The first-order valence-electron chi connectivity index (χ1n) is 15.2. The zero-order valence-electron chi connectivity index (χ0n) is 24.9. The molecule has 0 radical (unpaired) electrons. The third-order valence-corrected chi connectivity index (χ3v) is 8.86. The number of rotatable bonds is 5. The molecule has 0 amide bonds. The summed E-state index contributed by atoms with van der Waals surface area (Å²) in [5.74, 6) is 0.758. The Balaban J connectivity index is 0.000000639. The van der Waals surface area contributed by atoms with E-state index < -0.39 is 11.7 Å². The van der Waals surface area contributed by atoms with Gasteiger partial charge in [-0.3, -0.25) is 9.88 Å². The Hall–Kier alpha value is -3.17. The van der Waals surface area contributed by atoms with Gasteiger partial charge < -0.3 is 15.0 Å². The van der Waals surface area contributed by atoms with Crippen molar-refractivity contribution in [3.63, 3.8) is 0 Å². The molecular formula is C33H42F3N5O. The van der Waals surface area contributed by atoms with Crippen LogP contribution in [0.25, 0.3) is 11.3 Å². The van der Waals surface area contributed by atoms with Crippen LogP contribution in [0.2, 0.25) is 0 Å². The van der Waals surface area contributed by atoms with Crippen molar-refractivity contribution >= 4 is 5.69 Å². The number of benzene rings is 1. The van der Waals surface area contributed by atoms with E-state index in [-0.39, 0.29) is 17.0 Å². The van der Waals surface area contributed by atoms with Gasteiger partial charge in [0.25, 0.3) is 0 Å². The minimum Gasteiger partial charge on any atom is -0.477 e. The first kappa shape index (κ1) is 30.3. The van der Waals surface area contributed by atoms with E-state index in [2.05, 4.69) is 35.2 Å². The highest BCUT2D eigenvalue weighted by atomic mass is 19.4. The van der Waals surface area contributed by atoms with Crippen molar-refractivity contribution in [3.05, 3.63) is 71.5 Å². The number of hydrogen-bond donors (Lipinski definition) is 1. The molecule has 2 unspecified atom stereocenters. The molecular weight excluding hydrogens is 539 g/mol. The van der Waals surface area contributed by atoms with Crippen molar-refractivity contribution in [1.82, 2.24) is 20.2 Å². The van der Waals surface area contributed by atoms with E-state index in [1.807, 2.05) is 30.0 Å². The van der Waals surface area contributed by atoms with E-state index in [0.29, 0.717) is 25.6 Å². The molecule has 6 nitrogen and oxygen atoms in total. The Kier molecular flexibility index (Phi) is 9.38. The number of piperidine rings is 1. The van der Waals surface area contributed by atoms with Crippen molar-refractivity contribution in [1.29, 1.82) is 0 Å². The maximum Gasteiger partial charge on any atom is 0.418 e. The molecule has 3 aliphatic rings. The predicted octanol–water partition coefficient (Wildman–Crippen LogP) is 6.55. The van der Waals surface area contributed by atoms with Crippen LogP contribution in [0, 0.1) is 5.92 Å². The fourth-order valence-electron chi connectivity index (χ4n) is 6.93. The molecule has 1 aromatic carbocycles. The molecule has 0 bridgehead atoms. The average molecular weight is 582 g/mol. The molecule has 1 N–H and O–H groups in total. The van der Waals surface area contributed by atoms with Gasteiger partial charge in [0.15, 0.2) is 0 Å². The molecule has 2 fully saturated rings. The number of halogens is 3. The number of fused-ring (bicyclic) bond motifs is 2. The van der Waals surface area contributed by atoms with Crippen molar-refractivity contribution in [3.8, 4) is 17.1 Å². The van der Waals surface area contributed by atoms with Gasteiger partial charge in [-0.25, -0.2) is 4.98 Å². The summed E-state index contributed by atoms with van der Waals surface area (Å²) in [6.45, 7) is 9.84. The Morgan fingerprint density at radius 2 is 1.83 bits per heavy atom.